The summed E-state index contributed by atoms with van der Waals surface area (Å²) in [7, 11) is 0. The lowest BCUT2D eigenvalue weighted by atomic mass is 10.1. The van der Waals surface area contributed by atoms with Gasteiger partial charge in [0, 0.05) is 35.3 Å². The minimum Gasteiger partial charge on any atom is -0.455 e. The molecule has 1 aromatic heterocycles. The van der Waals surface area contributed by atoms with Crippen LogP contribution in [0.15, 0.2) is 47.8 Å². The maximum atomic E-state index is 12.5. The molecule has 8 nitrogen and oxygen atoms in total. The van der Waals surface area contributed by atoms with Crippen molar-refractivity contribution >= 4 is 28.7 Å². The van der Waals surface area contributed by atoms with E-state index in [2.05, 4.69) is 10.3 Å². The third-order valence-corrected chi connectivity index (χ3v) is 5.00. The van der Waals surface area contributed by atoms with E-state index in [4.69, 9.17) is 9.84 Å². The zero-order valence-corrected chi connectivity index (χ0v) is 16.4. The highest BCUT2D eigenvalue weighted by Gasteiger charge is 2.18. The fraction of sp³-hybridized carbons (Fsp3) is 0.200. The summed E-state index contributed by atoms with van der Waals surface area (Å²) in [6, 6.07) is 11.8. The minimum atomic E-state index is -0.709. The van der Waals surface area contributed by atoms with Crippen molar-refractivity contribution in [1.82, 2.24) is 4.98 Å². The predicted octanol–water partition coefficient (Wildman–Crippen LogP) is 3.79. The first-order valence-electron chi connectivity index (χ1n) is 8.79. The maximum absolute atomic E-state index is 12.5. The number of carbonyl (C=O) groups is 1. The van der Waals surface area contributed by atoms with Crippen LogP contribution in [0.5, 0.6) is 0 Å². The van der Waals surface area contributed by atoms with E-state index in [1.807, 2.05) is 31.2 Å². The second-order valence-electron chi connectivity index (χ2n) is 6.22. The SMILES string of the molecule is Cc1ccc(-c2nc(COC(=O)c3cc([N+](=O)[O-])ccc3NCCO)cs2)cc1. The fourth-order valence-corrected chi connectivity index (χ4v) is 3.39. The molecule has 0 fully saturated rings. The van der Waals surface area contributed by atoms with Gasteiger partial charge >= 0.3 is 5.97 Å². The van der Waals surface area contributed by atoms with E-state index in [-0.39, 0.29) is 31.0 Å². The molecule has 0 spiro atoms. The molecule has 0 radical (unpaired) electrons. The number of benzene rings is 2. The Morgan fingerprint density at radius 3 is 2.72 bits per heavy atom. The number of rotatable bonds is 8. The first-order chi connectivity index (χ1) is 14.0. The summed E-state index contributed by atoms with van der Waals surface area (Å²) in [6.45, 7) is 2.01. The first kappa shape index (κ1) is 20.4. The van der Waals surface area contributed by atoms with Crippen molar-refractivity contribution in [2.75, 3.05) is 18.5 Å². The number of aliphatic hydroxyl groups excluding tert-OH is 1. The molecule has 29 heavy (non-hydrogen) atoms. The monoisotopic (exact) mass is 413 g/mol. The van der Waals surface area contributed by atoms with E-state index in [1.54, 1.807) is 5.38 Å². The molecule has 0 unspecified atom stereocenters. The van der Waals surface area contributed by atoms with Crippen LogP contribution in [0.1, 0.15) is 21.6 Å². The summed E-state index contributed by atoms with van der Waals surface area (Å²) in [5.74, 6) is -0.709. The fourth-order valence-electron chi connectivity index (χ4n) is 2.58. The molecule has 0 saturated heterocycles. The number of carbonyl (C=O) groups excluding carboxylic acids is 1. The van der Waals surface area contributed by atoms with Gasteiger partial charge in [-0.2, -0.15) is 0 Å². The van der Waals surface area contributed by atoms with Gasteiger partial charge in [0.2, 0.25) is 0 Å². The van der Waals surface area contributed by atoms with Crippen LogP contribution >= 0.6 is 11.3 Å². The predicted molar refractivity (Wildman–Crippen MR) is 110 cm³/mol. The molecule has 3 aromatic rings. The van der Waals surface area contributed by atoms with Crippen molar-refractivity contribution in [3.8, 4) is 10.6 Å². The Balaban J connectivity index is 1.72. The van der Waals surface area contributed by atoms with E-state index in [1.165, 1.54) is 23.5 Å². The third kappa shape index (κ3) is 5.15. The number of aryl methyl sites for hydroxylation is 1. The molecule has 0 saturated carbocycles. The number of nitrogens with zero attached hydrogens (tertiary/aromatic N) is 2. The van der Waals surface area contributed by atoms with E-state index >= 15 is 0 Å². The number of nitro groups is 1. The van der Waals surface area contributed by atoms with Crippen LogP contribution in [0.3, 0.4) is 0 Å². The Labute approximate surface area is 171 Å². The van der Waals surface area contributed by atoms with Crippen LogP contribution in [0.4, 0.5) is 11.4 Å². The van der Waals surface area contributed by atoms with Gasteiger partial charge in [-0.15, -0.1) is 11.3 Å². The van der Waals surface area contributed by atoms with E-state index < -0.39 is 10.9 Å². The lowest BCUT2D eigenvalue weighted by Gasteiger charge is -2.10. The number of nitro benzene ring substituents is 1. The van der Waals surface area contributed by atoms with E-state index in [0.29, 0.717) is 11.4 Å². The number of ether oxygens (including phenoxy) is 1. The van der Waals surface area contributed by atoms with Crippen molar-refractivity contribution < 1.29 is 19.6 Å². The second kappa shape index (κ2) is 9.26. The number of esters is 1. The molecule has 3 rings (SSSR count). The summed E-state index contributed by atoms with van der Waals surface area (Å²) in [5.41, 5.74) is 2.89. The second-order valence-corrected chi connectivity index (χ2v) is 7.08. The summed E-state index contributed by atoms with van der Waals surface area (Å²) in [5, 5.41) is 25.5. The smallest absolute Gasteiger partial charge is 0.340 e. The molecule has 0 aliphatic heterocycles. The zero-order valence-electron chi connectivity index (χ0n) is 15.6. The molecule has 2 N–H and O–H groups in total. The normalized spacial score (nSPS) is 10.6. The number of thiazole rings is 1. The van der Waals surface area contributed by atoms with Gasteiger partial charge in [0.15, 0.2) is 0 Å². The highest BCUT2D eigenvalue weighted by Crippen LogP contribution is 2.26. The van der Waals surface area contributed by atoms with Crippen LogP contribution in [0.2, 0.25) is 0 Å². The molecule has 0 aliphatic carbocycles. The van der Waals surface area contributed by atoms with Crippen LogP contribution < -0.4 is 5.32 Å². The van der Waals surface area contributed by atoms with Crippen LogP contribution in [-0.2, 0) is 11.3 Å². The minimum absolute atomic E-state index is 0.0293. The Bertz CT molecular complexity index is 1020. The largest absolute Gasteiger partial charge is 0.455 e. The van der Waals surface area contributed by atoms with Gasteiger partial charge in [-0.25, -0.2) is 9.78 Å². The average molecular weight is 413 g/mol. The molecule has 9 heteroatoms. The van der Waals surface area contributed by atoms with Crippen molar-refractivity contribution in [2.24, 2.45) is 0 Å². The van der Waals surface area contributed by atoms with E-state index in [0.717, 1.165) is 22.2 Å². The van der Waals surface area contributed by atoms with Gasteiger partial charge in [-0.1, -0.05) is 29.8 Å². The topological polar surface area (TPSA) is 115 Å². The highest BCUT2D eigenvalue weighted by atomic mass is 32.1. The quantitative estimate of drug-likeness (QED) is 0.328. The third-order valence-electron chi connectivity index (χ3n) is 4.06. The van der Waals surface area contributed by atoms with Crippen molar-refractivity contribution in [3.63, 3.8) is 0 Å². The molecule has 1 heterocycles. The van der Waals surface area contributed by atoms with E-state index in [9.17, 15) is 14.9 Å². The molecule has 150 valence electrons. The summed E-state index contributed by atoms with van der Waals surface area (Å²) < 4.78 is 5.32. The Morgan fingerprint density at radius 1 is 1.28 bits per heavy atom. The Kier molecular flexibility index (Phi) is 6.53. The number of aromatic nitrogens is 1. The molecule has 0 amide bonds. The van der Waals surface area contributed by atoms with Gasteiger partial charge in [-0.05, 0) is 13.0 Å². The van der Waals surface area contributed by atoms with Gasteiger partial charge in [0.05, 0.1) is 22.8 Å². The standard InChI is InChI=1S/C20H19N3O5S/c1-13-2-4-14(5-3-13)19-22-15(12-29-19)11-28-20(25)17-10-16(23(26)27)6-7-18(17)21-8-9-24/h2-7,10,12,21,24H,8-9,11H2,1H3. The van der Waals surface area contributed by atoms with Crippen molar-refractivity contribution in [2.45, 2.75) is 13.5 Å². The molecule has 0 atom stereocenters. The lowest BCUT2D eigenvalue weighted by Crippen LogP contribution is -2.13. The van der Waals surface area contributed by atoms with Gasteiger partial charge in [0.25, 0.3) is 5.69 Å². The number of non-ortho nitro benzene ring substituents is 1. The molecular formula is C20H19N3O5S. The van der Waals surface area contributed by atoms with Crippen LogP contribution in [-0.4, -0.2) is 34.1 Å². The zero-order chi connectivity index (χ0) is 20.8. The first-order valence-corrected chi connectivity index (χ1v) is 9.67. The van der Waals surface area contributed by atoms with Crippen LogP contribution in [0, 0.1) is 17.0 Å². The van der Waals surface area contributed by atoms with Crippen LogP contribution in [0.25, 0.3) is 10.6 Å². The number of nitrogens with one attached hydrogen (secondary N) is 1. The summed E-state index contributed by atoms with van der Waals surface area (Å²) in [6.07, 6.45) is 0. The average Bonchev–Trinajstić information content (AvgIpc) is 3.19. The van der Waals surface area contributed by atoms with Gasteiger partial charge in [-0.3, -0.25) is 10.1 Å². The van der Waals surface area contributed by atoms with Crippen molar-refractivity contribution in [3.05, 3.63) is 74.8 Å². The highest BCUT2D eigenvalue weighted by molar-refractivity contribution is 7.13. The number of hydrogen-bond acceptors (Lipinski definition) is 8. The van der Waals surface area contributed by atoms with Gasteiger partial charge in [0.1, 0.15) is 11.6 Å². The lowest BCUT2D eigenvalue weighted by molar-refractivity contribution is -0.384. The summed E-state index contributed by atoms with van der Waals surface area (Å²) >= 11 is 1.44. The number of hydrogen-bond donors (Lipinski definition) is 2. The molecular weight excluding hydrogens is 394 g/mol. The summed E-state index contributed by atoms with van der Waals surface area (Å²) in [4.78, 5) is 27.4. The Hall–Kier alpha value is -3.30. The maximum Gasteiger partial charge on any atom is 0.340 e. The van der Waals surface area contributed by atoms with Crippen molar-refractivity contribution in [1.29, 1.82) is 0 Å². The number of aliphatic hydroxyl groups is 1. The Morgan fingerprint density at radius 2 is 2.03 bits per heavy atom. The molecule has 0 aliphatic rings. The molecule has 0 bridgehead atoms. The molecule has 2 aromatic carbocycles. The van der Waals surface area contributed by atoms with Gasteiger partial charge < -0.3 is 15.2 Å². The number of anilines is 1.